The minimum absolute atomic E-state index is 0.0439. The van der Waals surface area contributed by atoms with E-state index in [0.717, 1.165) is 12.8 Å². The number of carbonyl (C=O) groups excluding carboxylic acids is 2. The lowest BCUT2D eigenvalue weighted by atomic mass is 9.72. The first-order valence-corrected chi connectivity index (χ1v) is 8.96. The van der Waals surface area contributed by atoms with Crippen molar-refractivity contribution in [3.63, 3.8) is 0 Å². The number of esters is 1. The van der Waals surface area contributed by atoms with Gasteiger partial charge in [-0.1, -0.05) is 6.92 Å². The first kappa shape index (κ1) is 17.6. The number of amides is 1. The van der Waals surface area contributed by atoms with Gasteiger partial charge in [0, 0.05) is 18.2 Å². The number of hydrogen-bond donors (Lipinski definition) is 0. The fraction of sp³-hybridized carbons (Fsp3) is 0.667. The van der Waals surface area contributed by atoms with E-state index in [4.69, 9.17) is 4.74 Å². The van der Waals surface area contributed by atoms with Crippen LogP contribution in [0.3, 0.4) is 0 Å². The molecule has 0 radical (unpaired) electrons. The van der Waals surface area contributed by atoms with Crippen LogP contribution in [0.4, 0.5) is 0 Å². The van der Waals surface area contributed by atoms with Crippen molar-refractivity contribution in [3.8, 4) is 0 Å². The van der Waals surface area contributed by atoms with Crippen LogP contribution in [-0.4, -0.2) is 45.2 Å². The number of aromatic nitrogens is 2. The standard InChI is InChI=1S/C18H25N3O4/c1-4-18(17(24)25-5-2)10-13-7-8-14(18)21(13)16(23)11-20-15(22)9-6-12(3)19-20/h6,9,13-14H,4-5,7-8,10-11H2,1-3H3/t13-,14+,18+/m1/s1. The number of fused-ring (bicyclic) bond motifs is 2. The topological polar surface area (TPSA) is 81.5 Å². The Kier molecular flexibility index (Phi) is 4.67. The van der Waals surface area contributed by atoms with Crippen LogP contribution in [0.15, 0.2) is 16.9 Å². The Morgan fingerprint density at radius 2 is 2.08 bits per heavy atom. The van der Waals surface area contributed by atoms with E-state index in [0.29, 0.717) is 25.1 Å². The zero-order valence-corrected chi connectivity index (χ0v) is 15.0. The molecule has 25 heavy (non-hydrogen) atoms. The van der Waals surface area contributed by atoms with Crippen molar-refractivity contribution in [3.05, 3.63) is 28.2 Å². The largest absolute Gasteiger partial charge is 0.466 e. The average Bonchev–Trinajstić information content (AvgIpc) is 3.14. The third kappa shape index (κ3) is 2.85. The number of aryl methyl sites for hydroxylation is 1. The maximum absolute atomic E-state index is 12.9. The Morgan fingerprint density at radius 3 is 2.76 bits per heavy atom. The van der Waals surface area contributed by atoms with Crippen LogP contribution in [0.2, 0.25) is 0 Å². The van der Waals surface area contributed by atoms with Gasteiger partial charge in [-0.2, -0.15) is 5.10 Å². The molecule has 0 spiro atoms. The Balaban J connectivity index is 1.83. The van der Waals surface area contributed by atoms with Gasteiger partial charge in [0.2, 0.25) is 5.91 Å². The van der Waals surface area contributed by atoms with E-state index >= 15 is 0 Å². The highest BCUT2D eigenvalue weighted by atomic mass is 16.5. The molecule has 2 saturated heterocycles. The molecular formula is C18H25N3O4. The predicted molar refractivity (Wildman–Crippen MR) is 90.9 cm³/mol. The number of rotatable bonds is 5. The molecule has 0 aliphatic carbocycles. The van der Waals surface area contributed by atoms with E-state index < -0.39 is 5.41 Å². The molecule has 0 saturated carbocycles. The minimum atomic E-state index is -0.612. The quantitative estimate of drug-likeness (QED) is 0.749. The fourth-order valence-electron chi connectivity index (χ4n) is 4.45. The molecule has 3 atom stereocenters. The van der Waals surface area contributed by atoms with E-state index in [1.165, 1.54) is 10.7 Å². The smallest absolute Gasteiger partial charge is 0.314 e. The van der Waals surface area contributed by atoms with E-state index in [9.17, 15) is 14.4 Å². The second kappa shape index (κ2) is 6.61. The van der Waals surface area contributed by atoms with Gasteiger partial charge in [0.15, 0.2) is 0 Å². The fourth-order valence-corrected chi connectivity index (χ4v) is 4.45. The zero-order chi connectivity index (χ0) is 18.2. The SMILES string of the molecule is CCOC(=O)[C@@]1(CC)C[C@H]2CC[C@@H]1N2C(=O)Cn1nc(C)ccc1=O. The van der Waals surface area contributed by atoms with Crippen molar-refractivity contribution in [1.82, 2.24) is 14.7 Å². The van der Waals surface area contributed by atoms with Gasteiger partial charge in [-0.05, 0) is 45.6 Å². The van der Waals surface area contributed by atoms with Crippen LogP contribution in [0.1, 0.15) is 45.2 Å². The molecule has 0 unspecified atom stereocenters. The summed E-state index contributed by atoms with van der Waals surface area (Å²) in [5, 5.41) is 4.14. The van der Waals surface area contributed by atoms with Crippen LogP contribution < -0.4 is 5.56 Å². The Morgan fingerprint density at radius 1 is 1.32 bits per heavy atom. The number of nitrogens with zero attached hydrogens (tertiary/aromatic N) is 3. The van der Waals surface area contributed by atoms with Crippen molar-refractivity contribution in [2.24, 2.45) is 5.41 Å². The van der Waals surface area contributed by atoms with Gasteiger partial charge in [0.05, 0.1) is 17.7 Å². The second-order valence-corrected chi connectivity index (χ2v) is 6.95. The van der Waals surface area contributed by atoms with E-state index in [1.54, 1.807) is 19.9 Å². The van der Waals surface area contributed by atoms with Gasteiger partial charge in [-0.3, -0.25) is 14.4 Å². The zero-order valence-electron chi connectivity index (χ0n) is 15.0. The van der Waals surface area contributed by atoms with Crippen LogP contribution in [-0.2, 0) is 20.9 Å². The molecule has 7 nitrogen and oxygen atoms in total. The molecule has 3 heterocycles. The van der Waals surface area contributed by atoms with Crippen molar-refractivity contribution < 1.29 is 14.3 Å². The van der Waals surface area contributed by atoms with Crippen molar-refractivity contribution in [1.29, 1.82) is 0 Å². The van der Waals surface area contributed by atoms with Gasteiger partial charge in [-0.25, -0.2) is 4.68 Å². The van der Waals surface area contributed by atoms with Crippen LogP contribution in [0.25, 0.3) is 0 Å². The molecular weight excluding hydrogens is 322 g/mol. The molecule has 1 aromatic heterocycles. The molecule has 0 aromatic carbocycles. The highest BCUT2D eigenvalue weighted by molar-refractivity contribution is 5.83. The first-order chi connectivity index (χ1) is 11.9. The molecule has 1 aromatic rings. The van der Waals surface area contributed by atoms with Gasteiger partial charge in [0.1, 0.15) is 6.54 Å². The maximum atomic E-state index is 12.9. The van der Waals surface area contributed by atoms with Crippen LogP contribution in [0, 0.1) is 12.3 Å². The monoisotopic (exact) mass is 347 g/mol. The number of carbonyl (C=O) groups is 2. The van der Waals surface area contributed by atoms with Crippen molar-refractivity contribution in [2.75, 3.05) is 6.61 Å². The molecule has 136 valence electrons. The van der Waals surface area contributed by atoms with Crippen LogP contribution >= 0.6 is 0 Å². The summed E-state index contributed by atoms with van der Waals surface area (Å²) in [6.45, 7) is 5.81. The third-order valence-electron chi connectivity index (χ3n) is 5.63. The molecule has 2 bridgehead atoms. The number of ether oxygens (including phenoxy) is 1. The Hall–Kier alpha value is -2.18. The lowest BCUT2D eigenvalue weighted by Gasteiger charge is -2.34. The average molecular weight is 347 g/mol. The first-order valence-electron chi connectivity index (χ1n) is 8.96. The van der Waals surface area contributed by atoms with E-state index in [1.807, 2.05) is 11.8 Å². The molecule has 2 aliphatic heterocycles. The predicted octanol–water partition coefficient (Wildman–Crippen LogP) is 1.27. The molecule has 3 rings (SSSR count). The summed E-state index contributed by atoms with van der Waals surface area (Å²) in [5.74, 6) is -0.347. The van der Waals surface area contributed by atoms with Gasteiger partial charge >= 0.3 is 5.97 Å². The van der Waals surface area contributed by atoms with Gasteiger partial charge in [0.25, 0.3) is 5.56 Å². The highest BCUT2D eigenvalue weighted by Crippen LogP contribution is 2.52. The molecule has 2 fully saturated rings. The summed E-state index contributed by atoms with van der Waals surface area (Å²) in [7, 11) is 0. The molecule has 7 heteroatoms. The second-order valence-electron chi connectivity index (χ2n) is 6.95. The van der Waals surface area contributed by atoms with Gasteiger partial charge in [-0.15, -0.1) is 0 Å². The highest BCUT2D eigenvalue weighted by Gasteiger charge is 2.61. The summed E-state index contributed by atoms with van der Waals surface area (Å²) >= 11 is 0. The molecule has 2 aliphatic rings. The third-order valence-corrected chi connectivity index (χ3v) is 5.63. The molecule has 0 N–H and O–H groups in total. The summed E-state index contributed by atoms with van der Waals surface area (Å²) in [6.07, 6.45) is 3.00. The lowest BCUT2D eigenvalue weighted by Crippen LogP contribution is -2.47. The summed E-state index contributed by atoms with van der Waals surface area (Å²) < 4.78 is 6.51. The lowest BCUT2D eigenvalue weighted by molar-refractivity contribution is -0.158. The normalized spacial score (nSPS) is 27.6. The summed E-state index contributed by atoms with van der Waals surface area (Å²) in [4.78, 5) is 39.2. The van der Waals surface area contributed by atoms with Crippen molar-refractivity contribution in [2.45, 2.75) is 65.1 Å². The van der Waals surface area contributed by atoms with E-state index in [-0.39, 0.29) is 36.1 Å². The van der Waals surface area contributed by atoms with Gasteiger partial charge < -0.3 is 9.64 Å². The van der Waals surface area contributed by atoms with Crippen molar-refractivity contribution >= 4 is 11.9 Å². The summed E-state index contributed by atoms with van der Waals surface area (Å²) in [6, 6.07) is 2.95. The maximum Gasteiger partial charge on any atom is 0.314 e. The summed E-state index contributed by atoms with van der Waals surface area (Å²) in [5.41, 5.74) is -0.219. The van der Waals surface area contributed by atoms with E-state index in [2.05, 4.69) is 5.10 Å². The van der Waals surface area contributed by atoms with Crippen LogP contribution in [0.5, 0.6) is 0 Å². The Bertz CT molecular complexity index is 744. The molecule has 1 amide bonds. The number of hydrogen-bond acceptors (Lipinski definition) is 5. The minimum Gasteiger partial charge on any atom is -0.466 e. The Labute approximate surface area is 147 Å².